The zero-order valence-corrected chi connectivity index (χ0v) is 17.3. The zero-order valence-electron chi connectivity index (χ0n) is 16.5. The molecule has 2 aromatic rings. The molecule has 1 fully saturated rings. The molecule has 0 radical (unpaired) electrons. The molecule has 1 unspecified atom stereocenters. The lowest BCUT2D eigenvalue weighted by atomic mass is 10.1. The SMILES string of the molecule is CC(C(=O)Nc1ccccc1Cl)N1CCN(c2ccc(C(F)(F)F)cc2[N+](=O)[O-])CC1. The van der Waals surface area contributed by atoms with Gasteiger partial charge in [0.15, 0.2) is 0 Å². The summed E-state index contributed by atoms with van der Waals surface area (Å²) in [4.78, 5) is 26.7. The summed E-state index contributed by atoms with van der Waals surface area (Å²) in [6.07, 6.45) is -4.66. The number of piperazine rings is 1. The van der Waals surface area contributed by atoms with E-state index in [0.29, 0.717) is 43.0 Å². The van der Waals surface area contributed by atoms with Gasteiger partial charge in [0.1, 0.15) is 5.69 Å². The molecule has 1 aliphatic heterocycles. The van der Waals surface area contributed by atoms with Crippen molar-refractivity contribution in [1.82, 2.24) is 4.90 Å². The summed E-state index contributed by atoms with van der Waals surface area (Å²) in [5.41, 5.74) is -1.02. The molecule has 0 spiro atoms. The number of hydrogen-bond acceptors (Lipinski definition) is 5. The van der Waals surface area contributed by atoms with Gasteiger partial charge in [0.2, 0.25) is 5.91 Å². The lowest BCUT2D eigenvalue weighted by Gasteiger charge is -2.38. The molecule has 0 saturated carbocycles. The van der Waals surface area contributed by atoms with Crippen LogP contribution in [-0.2, 0) is 11.0 Å². The van der Waals surface area contributed by atoms with Crippen LogP contribution in [0, 0.1) is 10.1 Å². The Morgan fingerprint density at radius 3 is 2.39 bits per heavy atom. The Kier molecular flexibility index (Phi) is 6.71. The molecule has 31 heavy (non-hydrogen) atoms. The number of hydrogen-bond donors (Lipinski definition) is 1. The highest BCUT2D eigenvalue weighted by Crippen LogP contribution is 2.36. The van der Waals surface area contributed by atoms with Crippen molar-refractivity contribution in [3.8, 4) is 0 Å². The first-order valence-electron chi connectivity index (χ1n) is 9.48. The fraction of sp³-hybridized carbons (Fsp3) is 0.350. The summed E-state index contributed by atoms with van der Waals surface area (Å²) in [5.74, 6) is -0.248. The summed E-state index contributed by atoms with van der Waals surface area (Å²) >= 11 is 6.06. The summed E-state index contributed by atoms with van der Waals surface area (Å²) in [7, 11) is 0. The maximum Gasteiger partial charge on any atom is 0.416 e. The molecule has 7 nitrogen and oxygen atoms in total. The van der Waals surface area contributed by atoms with Gasteiger partial charge < -0.3 is 10.2 Å². The quantitative estimate of drug-likeness (QED) is 0.532. The Bertz CT molecular complexity index is 978. The first kappa shape index (κ1) is 22.8. The predicted molar refractivity (Wildman–Crippen MR) is 111 cm³/mol. The number of rotatable bonds is 5. The van der Waals surface area contributed by atoms with Crippen molar-refractivity contribution in [3.63, 3.8) is 0 Å². The average molecular weight is 457 g/mol. The molecule has 0 aliphatic carbocycles. The molecule has 0 bridgehead atoms. The highest BCUT2D eigenvalue weighted by atomic mass is 35.5. The number of halogens is 4. The van der Waals surface area contributed by atoms with Crippen LogP contribution in [0.3, 0.4) is 0 Å². The summed E-state index contributed by atoms with van der Waals surface area (Å²) in [6.45, 7) is 3.22. The molecule has 166 valence electrons. The number of nitrogens with zero attached hydrogens (tertiary/aromatic N) is 3. The van der Waals surface area contributed by atoms with Crippen LogP contribution < -0.4 is 10.2 Å². The van der Waals surface area contributed by atoms with E-state index in [2.05, 4.69) is 5.32 Å². The number of nitrogens with one attached hydrogen (secondary N) is 1. The molecule has 1 saturated heterocycles. The number of amides is 1. The lowest BCUT2D eigenvalue weighted by molar-refractivity contribution is -0.384. The van der Waals surface area contributed by atoms with Crippen LogP contribution in [0.4, 0.5) is 30.2 Å². The van der Waals surface area contributed by atoms with Gasteiger partial charge in [-0.05, 0) is 31.2 Å². The van der Waals surface area contributed by atoms with Gasteiger partial charge in [-0.25, -0.2) is 0 Å². The Balaban J connectivity index is 1.67. The number of anilines is 2. The number of benzene rings is 2. The van der Waals surface area contributed by atoms with Crippen molar-refractivity contribution < 1.29 is 22.9 Å². The van der Waals surface area contributed by atoms with E-state index < -0.39 is 28.4 Å². The van der Waals surface area contributed by atoms with E-state index in [1.54, 1.807) is 36.1 Å². The van der Waals surface area contributed by atoms with Crippen LogP contribution in [-0.4, -0.2) is 48.0 Å². The predicted octanol–water partition coefficient (Wildman–Crippen LogP) is 4.42. The largest absolute Gasteiger partial charge is 0.416 e. The fourth-order valence-electron chi connectivity index (χ4n) is 3.43. The average Bonchev–Trinajstić information content (AvgIpc) is 2.73. The fourth-order valence-corrected chi connectivity index (χ4v) is 3.61. The minimum absolute atomic E-state index is 0.130. The van der Waals surface area contributed by atoms with E-state index in [1.165, 1.54) is 0 Å². The van der Waals surface area contributed by atoms with Crippen LogP contribution in [0.5, 0.6) is 0 Å². The second-order valence-corrected chi connectivity index (χ2v) is 7.53. The van der Waals surface area contributed by atoms with Gasteiger partial charge in [0, 0.05) is 32.2 Å². The molecule has 0 aromatic heterocycles. The van der Waals surface area contributed by atoms with E-state index in [-0.39, 0.29) is 11.6 Å². The Hall–Kier alpha value is -2.85. The first-order valence-corrected chi connectivity index (χ1v) is 9.85. The van der Waals surface area contributed by atoms with Gasteiger partial charge in [-0.2, -0.15) is 13.2 Å². The smallest absolute Gasteiger partial charge is 0.363 e. The van der Waals surface area contributed by atoms with Crippen molar-refractivity contribution >= 4 is 34.6 Å². The van der Waals surface area contributed by atoms with Crippen LogP contribution >= 0.6 is 11.6 Å². The molecule has 1 heterocycles. The van der Waals surface area contributed by atoms with Crippen molar-refractivity contribution in [1.29, 1.82) is 0 Å². The van der Waals surface area contributed by atoms with Crippen molar-refractivity contribution in [2.24, 2.45) is 0 Å². The van der Waals surface area contributed by atoms with Crippen LogP contribution in [0.25, 0.3) is 0 Å². The normalized spacial score (nSPS) is 16.1. The standard InChI is InChI=1S/C20H20ClF3N4O3/c1-13(19(29)25-16-5-3-2-4-15(16)21)26-8-10-27(11-9-26)17-7-6-14(20(22,23)24)12-18(17)28(30)31/h2-7,12-13H,8-11H2,1H3,(H,25,29). The minimum atomic E-state index is -4.66. The molecule has 1 atom stereocenters. The molecule has 1 amide bonds. The number of para-hydroxylation sites is 1. The molecule has 11 heteroatoms. The maximum atomic E-state index is 12.9. The van der Waals surface area contributed by atoms with Crippen LogP contribution in [0.15, 0.2) is 42.5 Å². The highest BCUT2D eigenvalue weighted by Gasteiger charge is 2.34. The number of nitro benzene ring substituents is 1. The summed E-state index contributed by atoms with van der Waals surface area (Å²) in [5, 5.41) is 14.5. The monoisotopic (exact) mass is 456 g/mol. The third-order valence-electron chi connectivity index (χ3n) is 5.21. The van der Waals surface area contributed by atoms with E-state index in [0.717, 1.165) is 12.1 Å². The minimum Gasteiger partial charge on any atom is -0.363 e. The van der Waals surface area contributed by atoms with E-state index >= 15 is 0 Å². The van der Waals surface area contributed by atoms with E-state index in [4.69, 9.17) is 11.6 Å². The second-order valence-electron chi connectivity index (χ2n) is 7.13. The highest BCUT2D eigenvalue weighted by molar-refractivity contribution is 6.33. The van der Waals surface area contributed by atoms with Crippen molar-refractivity contribution in [2.75, 3.05) is 36.4 Å². The Morgan fingerprint density at radius 2 is 1.81 bits per heavy atom. The van der Waals surface area contributed by atoms with Crippen LogP contribution in [0.2, 0.25) is 5.02 Å². The summed E-state index contributed by atoms with van der Waals surface area (Å²) in [6, 6.07) is 8.90. The van der Waals surface area contributed by atoms with Crippen molar-refractivity contribution in [3.05, 3.63) is 63.2 Å². The molecule has 1 aliphatic rings. The second kappa shape index (κ2) is 9.11. The number of carbonyl (C=O) groups excluding carboxylic acids is 1. The van der Waals surface area contributed by atoms with Crippen LogP contribution in [0.1, 0.15) is 12.5 Å². The van der Waals surface area contributed by atoms with Gasteiger partial charge in [0.25, 0.3) is 5.69 Å². The van der Waals surface area contributed by atoms with Gasteiger partial charge in [-0.15, -0.1) is 0 Å². The molecule has 1 N–H and O–H groups in total. The molecular formula is C20H20ClF3N4O3. The molecule has 2 aromatic carbocycles. The van der Waals surface area contributed by atoms with E-state index in [1.807, 2.05) is 4.90 Å². The zero-order chi connectivity index (χ0) is 22.8. The Morgan fingerprint density at radius 1 is 1.16 bits per heavy atom. The number of carbonyl (C=O) groups is 1. The summed E-state index contributed by atoms with van der Waals surface area (Å²) < 4.78 is 38.7. The van der Waals surface area contributed by atoms with Gasteiger partial charge in [0.05, 0.1) is 27.2 Å². The van der Waals surface area contributed by atoms with Crippen molar-refractivity contribution in [2.45, 2.75) is 19.1 Å². The number of nitro groups is 1. The third kappa shape index (κ3) is 5.26. The number of alkyl halides is 3. The van der Waals surface area contributed by atoms with Gasteiger partial charge in [-0.1, -0.05) is 23.7 Å². The third-order valence-corrected chi connectivity index (χ3v) is 5.54. The molecule has 3 rings (SSSR count). The van der Waals surface area contributed by atoms with E-state index in [9.17, 15) is 28.1 Å². The molecular weight excluding hydrogens is 437 g/mol. The first-order chi connectivity index (χ1) is 14.6. The van der Waals surface area contributed by atoms with Gasteiger partial charge >= 0.3 is 6.18 Å². The lowest BCUT2D eigenvalue weighted by Crippen LogP contribution is -2.53. The topological polar surface area (TPSA) is 78.7 Å². The maximum absolute atomic E-state index is 12.9. The van der Waals surface area contributed by atoms with Gasteiger partial charge in [-0.3, -0.25) is 19.8 Å². The Labute approximate surface area is 181 Å².